The van der Waals surface area contributed by atoms with Gasteiger partial charge in [-0.2, -0.15) is 0 Å². The second-order valence-electron chi connectivity index (χ2n) is 7.35. The van der Waals surface area contributed by atoms with E-state index in [2.05, 4.69) is 11.8 Å². The van der Waals surface area contributed by atoms with E-state index in [9.17, 15) is 9.59 Å². The smallest absolute Gasteiger partial charge is 0.243 e. The Kier molecular flexibility index (Phi) is 8.10. The van der Waals surface area contributed by atoms with Gasteiger partial charge in [0.05, 0.1) is 12.3 Å². The summed E-state index contributed by atoms with van der Waals surface area (Å²) in [6, 6.07) is 0. The number of nitrogens with two attached hydrogens (primary N) is 2. The number of ether oxygens (including phenoxy) is 2. The van der Waals surface area contributed by atoms with Crippen molar-refractivity contribution in [3.05, 3.63) is 34.9 Å². The molecule has 1 unspecified atom stereocenters. The zero-order chi connectivity index (χ0) is 19.4. The summed E-state index contributed by atoms with van der Waals surface area (Å²) < 4.78 is 11.5. The maximum Gasteiger partial charge on any atom is 0.243 e. The normalized spacial score (nSPS) is 21.6. The van der Waals surface area contributed by atoms with Crippen molar-refractivity contribution in [3.8, 4) is 0 Å². The Morgan fingerprint density at radius 3 is 2.71 bits per heavy atom. The van der Waals surface area contributed by atoms with Crippen LogP contribution in [0.15, 0.2) is 34.9 Å². The molecule has 0 saturated heterocycles. The Morgan fingerprint density at radius 2 is 2.11 bits per heavy atom. The molecule has 3 rings (SSSR count). The van der Waals surface area contributed by atoms with Gasteiger partial charge in [0.1, 0.15) is 18.5 Å². The van der Waals surface area contributed by atoms with E-state index < -0.39 is 12.0 Å². The Bertz CT molecular complexity index is 698. The predicted octanol–water partition coefficient (Wildman–Crippen LogP) is 1.77. The predicted molar refractivity (Wildman–Crippen MR) is 108 cm³/mol. The van der Waals surface area contributed by atoms with Crippen molar-refractivity contribution >= 4 is 24.1 Å². The van der Waals surface area contributed by atoms with Crippen LogP contribution in [-0.4, -0.2) is 49.0 Å². The van der Waals surface area contributed by atoms with Crippen LogP contribution in [0.3, 0.4) is 0 Å². The van der Waals surface area contributed by atoms with Gasteiger partial charge in [0.25, 0.3) is 0 Å². The van der Waals surface area contributed by atoms with Crippen LogP contribution in [0.1, 0.15) is 39.0 Å². The molecule has 1 aliphatic heterocycles. The number of carbonyl (C=O) groups excluding carboxylic acids is 2. The summed E-state index contributed by atoms with van der Waals surface area (Å²) in [6.45, 7) is 3.68. The maximum absolute atomic E-state index is 12.5. The van der Waals surface area contributed by atoms with Crippen molar-refractivity contribution in [2.24, 2.45) is 17.4 Å². The number of fused-ring (bicyclic) bond motifs is 1. The van der Waals surface area contributed by atoms with Gasteiger partial charge >= 0.3 is 0 Å². The molecule has 0 bridgehead atoms. The Hall–Kier alpha value is -1.83. The molecule has 4 N–H and O–H groups in total. The first-order chi connectivity index (χ1) is 13.0. The Balaban J connectivity index is 0.00000280. The number of unbranched alkanes of at least 4 members (excludes halogenated alkanes) is 1. The molecular formula is C20H30ClN3O4. The van der Waals surface area contributed by atoms with Crippen molar-refractivity contribution in [1.29, 1.82) is 0 Å². The maximum atomic E-state index is 12.5. The van der Waals surface area contributed by atoms with Gasteiger partial charge < -0.3 is 25.8 Å². The van der Waals surface area contributed by atoms with E-state index >= 15 is 0 Å². The van der Waals surface area contributed by atoms with Crippen LogP contribution in [0.4, 0.5) is 0 Å². The molecule has 1 heterocycles. The fourth-order valence-corrected chi connectivity index (χ4v) is 3.37. The fraction of sp³-hybridized carbons (Fsp3) is 0.600. The molecule has 1 saturated carbocycles. The molecule has 0 aromatic heterocycles. The number of allylic oxidation sites excluding steroid dienone is 1. The second kappa shape index (κ2) is 10.1. The van der Waals surface area contributed by atoms with Crippen LogP contribution in [0.5, 0.6) is 0 Å². The van der Waals surface area contributed by atoms with Crippen molar-refractivity contribution in [2.75, 3.05) is 26.3 Å². The van der Waals surface area contributed by atoms with Crippen LogP contribution in [0, 0.1) is 5.92 Å². The van der Waals surface area contributed by atoms with Crippen LogP contribution < -0.4 is 11.5 Å². The van der Waals surface area contributed by atoms with Gasteiger partial charge in [0.2, 0.25) is 5.91 Å². The average Bonchev–Trinajstić information content (AvgIpc) is 3.44. The van der Waals surface area contributed by atoms with Crippen molar-refractivity contribution in [3.63, 3.8) is 0 Å². The van der Waals surface area contributed by atoms with E-state index in [-0.39, 0.29) is 31.2 Å². The van der Waals surface area contributed by atoms with E-state index in [1.807, 2.05) is 6.20 Å². The third-order valence-corrected chi connectivity index (χ3v) is 5.01. The molecule has 0 spiro atoms. The van der Waals surface area contributed by atoms with Crippen LogP contribution >= 0.6 is 12.4 Å². The van der Waals surface area contributed by atoms with Crippen molar-refractivity contribution in [1.82, 2.24) is 4.90 Å². The minimum Gasteiger partial charge on any atom is -0.491 e. The molecule has 1 amide bonds. The summed E-state index contributed by atoms with van der Waals surface area (Å²) in [5, 5.41) is 0. The molecule has 28 heavy (non-hydrogen) atoms. The SMILES string of the molecule is CCCCOC1=C(CN)N(CC2CC2)C=C2CC(=O)C(OCC(N)=O)C=C21.Cl. The minimum atomic E-state index is -0.788. The summed E-state index contributed by atoms with van der Waals surface area (Å²) >= 11 is 0. The lowest BCUT2D eigenvalue weighted by atomic mass is 9.87. The molecule has 0 radical (unpaired) electrons. The zero-order valence-corrected chi connectivity index (χ0v) is 17.1. The molecule has 2 aliphatic carbocycles. The highest BCUT2D eigenvalue weighted by molar-refractivity contribution is 5.91. The average molecular weight is 412 g/mol. The summed E-state index contributed by atoms with van der Waals surface area (Å²) in [6.07, 6.45) is 7.66. The van der Waals surface area contributed by atoms with Gasteiger partial charge in [0, 0.05) is 31.3 Å². The molecule has 7 nitrogen and oxygen atoms in total. The van der Waals surface area contributed by atoms with Gasteiger partial charge in [-0.25, -0.2) is 0 Å². The number of hydrogen-bond donors (Lipinski definition) is 2. The number of nitrogens with zero attached hydrogens (tertiary/aromatic N) is 1. The lowest BCUT2D eigenvalue weighted by Gasteiger charge is -2.35. The minimum absolute atomic E-state index is 0. The van der Waals surface area contributed by atoms with Crippen LogP contribution in [0.25, 0.3) is 0 Å². The lowest BCUT2D eigenvalue weighted by molar-refractivity contribution is -0.132. The first-order valence-corrected chi connectivity index (χ1v) is 9.72. The molecule has 8 heteroatoms. The van der Waals surface area contributed by atoms with E-state index in [0.29, 0.717) is 19.1 Å². The van der Waals surface area contributed by atoms with Gasteiger partial charge in [0.15, 0.2) is 5.78 Å². The molecule has 156 valence electrons. The number of halogens is 1. The van der Waals surface area contributed by atoms with E-state index in [1.165, 1.54) is 12.8 Å². The van der Waals surface area contributed by atoms with Gasteiger partial charge in [-0.3, -0.25) is 9.59 Å². The molecule has 0 aromatic carbocycles. The number of primary amides is 1. The van der Waals surface area contributed by atoms with Crippen molar-refractivity contribution in [2.45, 2.75) is 45.1 Å². The van der Waals surface area contributed by atoms with Crippen LogP contribution in [0.2, 0.25) is 0 Å². The highest BCUT2D eigenvalue weighted by Crippen LogP contribution is 2.39. The first kappa shape index (κ1) is 22.5. The number of rotatable bonds is 10. The molecule has 0 aromatic rings. The summed E-state index contributed by atoms with van der Waals surface area (Å²) in [5.74, 6) is 0.738. The van der Waals surface area contributed by atoms with Gasteiger partial charge in [-0.1, -0.05) is 13.3 Å². The van der Waals surface area contributed by atoms with Gasteiger partial charge in [-0.05, 0) is 36.8 Å². The highest BCUT2D eigenvalue weighted by atomic mass is 35.5. The van der Waals surface area contributed by atoms with E-state index in [0.717, 1.165) is 42.0 Å². The molecule has 1 atom stereocenters. The topological polar surface area (TPSA) is 108 Å². The largest absolute Gasteiger partial charge is 0.491 e. The number of carbonyl (C=O) groups is 2. The lowest BCUT2D eigenvalue weighted by Crippen LogP contribution is -2.36. The van der Waals surface area contributed by atoms with Gasteiger partial charge in [-0.15, -0.1) is 12.4 Å². The molecular weight excluding hydrogens is 382 g/mol. The second-order valence-corrected chi connectivity index (χ2v) is 7.35. The first-order valence-electron chi connectivity index (χ1n) is 9.72. The third-order valence-electron chi connectivity index (χ3n) is 5.01. The summed E-state index contributed by atoms with van der Waals surface area (Å²) in [4.78, 5) is 25.6. The Morgan fingerprint density at radius 1 is 1.36 bits per heavy atom. The highest BCUT2D eigenvalue weighted by Gasteiger charge is 2.35. The van der Waals surface area contributed by atoms with E-state index in [4.69, 9.17) is 20.9 Å². The standard InChI is InChI=1S/C20H29N3O4.ClH/c1-2-3-6-26-20-15-8-18(27-12-19(22)25)17(24)7-14(15)11-23(16(20)9-21)10-13-4-5-13;/h8,11,13,18H,2-7,9-10,12,21H2,1H3,(H2,22,25);1H. The van der Waals surface area contributed by atoms with E-state index in [1.54, 1.807) is 6.08 Å². The fourth-order valence-electron chi connectivity index (χ4n) is 3.37. The number of hydrogen-bond acceptors (Lipinski definition) is 6. The summed E-state index contributed by atoms with van der Waals surface area (Å²) in [5.41, 5.74) is 13.9. The monoisotopic (exact) mass is 411 g/mol. The number of Topliss-reactive ketones (excluding diaryl/α,β-unsaturated/α-hetero) is 1. The van der Waals surface area contributed by atoms with Crippen molar-refractivity contribution < 1.29 is 19.1 Å². The van der Waals surface area contributed by atoms with Crippen LogP contribution in [-0.2, 0) is 19.1 Å². The number of ketones is 1. The Labute approximate surface area is 172 Å². The molecule has 1 fully saturated rings. The molecule has 3 aliphatic rings. The zero-order valence-electron chi connectivity index (χ0n) is 16.3. The summed E-state index contributed by atoms with van der Waals surface area (Å²) in [7, 11) is 0. The quantitative estimate of drug-likeness (QED) is 0.530. The number of amides is 1. The third kappa shape index (κ3) is 5.37.